The first-order chi connectivity index (χ1) is 19.9. The fourth-order valence-corrected chi connectivity index (χ4v) is 7.56. The molecule has 43 heavy (non-hydrogen) atoms. The molecule has 1 atom stereocenters. The summed E-state index contributed by atoms with van der Waals surface area (Å²) in [6.07, 6.45) is 2.30. The standard InChI is InChI=1S/C32H40Cl2N2O6S/c1-8-43(39,40)23-9-10-24-21(17-23)11-14-36(29(38)42-31(5,6)7)32(24,30(2,3)4)28(37)35-22-18-25(33)27(26(34)19-22)20-12-15-41-16-13-20/h9-10,12,17-19H,8,11,13-16H2,1-7H3,(H,35,37). The lowest BCUT2D eigenvalue weighted by Crippen LogP contribution is -2.66. The number of hydrogen-bond donors (Lipinski definition) is 1. The van der Waals surface area contributed by atoms with Gasteiger partial charge >= 0.3 is 6.09 Å². The molecular weight excluding hydrogens is 611 g/mol. The van der Waals surface area contributed by atoms with Crippen molar-refractivity contribution in [3.63, 3.8) is 0 Å². The van der Waals surface area contributed by atoms with Crippen LogP contribution in [0.15, 0.2) is 41.3 Å². The van der Waals surface area contributed by atoms with Crippen molar-refractivity contribution in [2.24, 2.45) is 5.41 Å². The van der Waals surface area contributed by atoms with Gasteiger partial charge in [0.25, 0.3) is 5.91 Å². The van der Waals surface area contributed by atoms with Crippen LogP contribution in [0.5, 0.6) is 0 Å². The van der Waals surface area contributed by atoms with Crippen molar-refractivity contribution in [2.75, 3.05) is 30.8 Å². The molecule has 0 bridgehead atoms. The van der Waals surface area contributed by atoms with Crippen molar-refractivity contribution < 1.29 is 27.5 Å². The lowest BCUT2D eigenvalue weighted by atomic mass is 9.64. The van der Waals surface area contributed by atoms with Crippen molar-refractivity contribution in [2.45, 2.75) is 77.3 Å². The molecule has 0 saturated carbocycles. The molecule has 0 saturated heterocycles. The Labute approximate surface area is 264 Å². The van der Waals surface area contributed by atoms with Gasteiger partial charge in [-0.25, -0.2) is 13.2 Å². The molecule has 2 aromatic carbocycles. The summed E-state index contributed by atoms with van der Waals surface area (Å²) in [5.74, 6) is -0.551. The monoisotopic (exact) mass is 650 g/mol. The first-order valence-electron chi connectivity index (χ1n) is 14.4. The summed E-state index contributed by atoms with van der Waals surface area (Å²) < 4.78 is 36.7. The Morgan fingerprint density at radius 3 is 2.23 bits per heavy atom. The van der Waals surface area contributed by atoms with Crippen LogP contribution in [0.2, 0.25) is 10.0 Å². The van der Waals surface area contributed by atoms with Crippen LogP contribution in [0.4, 0.5) is 10.5 Å². The zero-order valence-corrected chi connectivity index (χ0v) is 28.1. The highest BCUT2D eigenvalue weighted by Crippen LogP contribution is 2.50. The summed E-state index contributed by atoms with van der Waals surface area (Å²) in [6, 6.07) is 8.07. The number of rotatable bonds is 5. The third-order valence-electron chi connectivity index (χ3n) is 7.83. The second kappa shape index (κ2) is 12.1. The summed E-state index contributed by atoms with van der Waals surface area (Å²) in [5.41, 5.74) is -0.0394. The summed E-state index contributed by atoms with van der Waals surface area (Å²) in [6.45, 7) is 13.7. The number of nitrogens with zero attached hydrogens (tertiary/aromatic N) is 1. The second-order valence-electron chi connectivity index (χ2n) is 12.9. The number of sulfone groups is 1. The minimum Gasteiger partial charge on any atom is -0.444 e. The van der Waals surface area contributed by atoms with Crippen molar-refractivity contribution >= 4 is 56.3 Å². The van der Waals surface area contributed by atoms with Gasteiger partial charge in [0.15, 0.2) is 15.4 Å². The van der Waals surface area contributed by atoms with Crippen LogP contribution in [0.1, 0.15) is 71.6 Å². The lowest BCUT2D eigenvalue weighted by Gasteiger charge is -2.53. The van der Waals surface area contributed by atoms with Crippen LogP contribution >= 0.6 is 23.2 Å². The Kier molecular flexibility index (Phi) is 9.35. The molecule has 1 unspecified atom stereocenters. The number of benzene rings is 2. The Morgan fingerprint density at radius 1 is 1.05 bits per heavy atom. The van der Waals surface area contributed by atoms with E-state index in [0.29, 0.717) is 58.5 Å². The van der Waals surface area contributed by atoms with Gasteiger partial charge in [0.1, 0.15) is 5.60 Å². The normalized spacial score (nSPS) is 19.4. The van der Waals surface area contributed by atoms with Crippen LogP contribution in [0.3, 0.4) is 0 Å². The van der Waals surface area contributed by atoms with E-state index in [4.69, 9.17) is 32.7 Å². The number of ether oxygens (including phenoxy) is 2. The van der Waals surface area contributed by atoms with E-state index < -0.39 is 38.4 Å². The van der Waals surface area contributed by atoms with Crippen LogP contribution in [-0.4, -0.2) is 56.4 Å². The molecule has 234 valence electrons. The number of carbonyl (C=O) groups is 2. The summed E-state index contributed by atoms with van der Waals surface area (Å²) >= 11 is 13.4. The third kappa shape index (κ3) is 6.46. The van der Waals surface area contributed by atoms with E-state index in [9.17, 15) is 18.0 Å². The van der Waals surface area contributed by atoms with Gasteiger partial charge in [0, 0.05) is 17.8 Å². The first kappa shape index (κ1) is 33.3. The Morgan fingerprint density at radius 2 is 1.70 bits per heavy atom. The molecule has 2 heterocycles. The van der Waals surface area contributed by atoms with Gasteiger partial charge in [-0.1, -0.05) is 63.0 Å². The molecule has 2 aliphatic heterocycles. The van der Waals surface area contributed by atoms with Crippen molar-refractivity contribution in [1.82, 2.24) is 4.90 Å². The maximum atomic E-state index is 14.7. The highest BCUT2D eigenvalue weighted by atomic mass is 35.5. The third-order valence-corrected chi connectivity index (χ3v) is 10.2. The maximum Gasteiger partial charge on any atom is 0.411 e. The van der Waals surface area contributed by atoms with E-state index in [0.717, 1.165) is 5.57 Å². The molecule has 0 spiro atoms. The average Bonchev–Trinajstić information content (AvgIpc) is 2.90. The van der Waals surface area contributed by atoms with E-state index >= 15 is 0 Å². The molecule has 2 amide bonds. The molecule has 2 aliphatic rings. The Balaban J connectivity index is 1.88. The van der Waals surface area contributed by atoms with Gasteiger partial charge in [0.2, 0.25) is 0 Å². The van der Waals surface area contributed by atoms with Gasteiger partial charge in [-0.2, -0.15) is 0 Å². The number of hydrogen-bond acceptors (Lipinski definition) is 6. The fourth-order valence-electron chi connectivity index (χ4n) is 5.90. The van der Waals surface area contributed by atoms with Crippen molar-refractivity contribution in [3.05, 3.63) is 63.1 Å². The minimum absolute atomic E-state index is 0.0534. The van der Waals surface area contributed by atoms with Crippen LogP contribution in [0, 0.1) is 5.41 Å². The zero-order valence-electron chi connectivity index (χ0n) is 25.8. The SMILES string of the molecule is CCS(=O)(=O)c1ccc2c(c1)CCN(C(=O)OC(C)(C)C)C2(C(=O)Nc1cc(Cl)c(C2=CCOCC2)c(Cl)c1)C(C)(C)C. The Hall–Kier alpha value is -2.59. The maximum absolute atomic E-state index is 14.7. The smallest absolute Gasteiger partial charge is 0.411 e. The van der Waals surface area contributed by atoms with Gasteiger partial charge < -0.3 is 14.8 Å². The van der Waals surface area contributed by atoms with E-state index in [2.05, 4.69) is 5.32 Å². The quantitative estimate of drug-likeness (QED) is 0.365. The van der Waals surface area contributed by atoms with E-state index in [1.807, 2.05) is 26.8 Å². The highest BCUT2D eigenvalue weighted by Gasteiger charge is 2.59. The topological polar surface area (TPSA) is 102 Å². The number of carbonyl (C=O) groups excluding carboxylic acids is 2. The van der Waals surface area contributed by atoms with E-state index in [1.54, 1.807) is 52.0 Å². The van der Waals surface area contributed by atoms with Gasteiger partial charge in [0.05, 0.1) is 33.9 Å². The molecule has 4 rings (SSSR count). The van der Waals surface area contributed by atoms with Crippen LogP contribution < -0.4 is 5.32 Å². The van der Waals surface area contributed by atoms with Crippen molar-refractivity contribution in [1.29, 1.82) is 0 Å². The minimum atomic E-state index is -3.50. The number of amides is 2. The molecule has 0 radical (unpaired) electrons. The number of nitrogens with one attached hydrogen (secondary N) is 1. The predicted molar refractivity (Wildman–Crippen MR) is 170 cm³/mol. The van der Waals surface area contributed by atoms with Gasteiger partial charge in [-0.15, -0.1) is 0 Å². The molecule has 0 fully saturated rings. The fraction of sp³-hybridized carbons (Fsp3) is 0.500. The zero-order chi connectivity index (χ0) is 32.0. The Bertz CT molecular complexity index is 1550. The van der Waals surface area contributed by atoms with E-state index in [1.165, 1.54) is 11.0 Å². The van der Waals surface area contributed by atoms with Crippen molar-refractivity contribution in [3.8, 4) is 0 Å². The molecular formula is C32H40Cl2N2O6S. The molecule has 11 heteroatoms. The second-order valence-corrected chi connectivity index (χ2v) is 16.0. The summed E-state index contributed by atoms with van der Waals surface area (Å²) in [7, 11) is -3.50. The molecule has 2 aromatic rings. The average molecular weight is 652 g/mol. The molecule has 0 aliphatic carbocycles. The number of fused-ring (bicyclic) bond motifs is 1. The highest BCUT2D eigenvalue weighted by molar-refractivity contribution is 7.91. The van der Waals surface area contributed by atoms with Crippen LogP contribution in [0.25, 0.3) is 5.57 Å². The number of halogens is 2. The summed E-state index contributed by atoms with van der Waals surface area (Å²) in [4.78, 5) is 30.2. The number of anilines is 1. The summed E-state index contributed by atoms with van der Waals surface area (Å²) in [5, 5.41) is 3.75. The largest absolute Gasteiger partial charge is 0.444 e. The first-order valence-corrected chi connectivity index (χ1v) is 16.8. The van der Waals surface area contributed by atoms with Gasteiger partial charge in [-0.05, 0) is 80.0 Å². The predicted octanol–water partition coefficient (Wildman–Crippen LogP) is 7.26. The molecule has 1 N–H and O–H groups in total. The van der Waals surface area contributed by atoms with E-state index in [-0.39, 0.29) is 17.2 Å². The van der Waals surface area contributed by atoms with Crippen LogP contribution in [-0.2, 0) is 36.1 Å². The molecule has 8 nitrogen and oxygen atoms in total. The lowest BCUT2D eigenvalue weighted by molar-refractivity contribution is -0.138. The van der Waals surface area contributed by atoms with Gasteiger partial charge in [-0.3, -0.25) is 9.69 Å². The molecule has 0 aromatic heterocycles.